The maximum absolute atomic E-state index is 13.8. The number of halogens is 3. The van der Waals surface area contributed by atoms with Gasteiger partial charge < -0.3 is 5.32 Å². The Kier molecular flexibility index (Phi) is 7.80. The smallest absolute Gasteiger partial charge is 0.346 e. The lowest BCUT2D eigenvalue weighted by Crippen LogP contribution is -2.47. The molecule has 5 rings (SSSR count). The second-order valence-corrected chi connectivity index (χ2v) is 11.9. The summed E-state index contributed by atoms with van der Waals surface area (Å²) in [6.45, 7) is 5.71. The van der Waals surface area contributed by atoms with Gasteiger partial charge in [-0.25, -0.2) is 0 Å². The number of carbonyl (C=O) groups is 3. The van der Waals surface area contributed by atoms with Gasteiger partial charge in [0.25, 0.3) is 17.7 Å². The average molecular weight is 595 g/mol. The summed E-state index contributed by atoms with van der Waals surface area (Å²) in [6, 6.07) is 12.2. The standard InChI is InChI=1S/C31H29F3N4O3S/c1-17(2)24-15-35-37(4)27(24)23-14-26(42-18(23)3)28(39)36-20(13-19-9-5-8-12-25(19)31(32,33)34)16-38-29(40)21-10-6-7-11-22(21)30(38)41/h5-12,14-15,17,20H,13,16H2,1-4H3,(H,36,39). The van der Waals surface area contributed by atoms with E-state index in [9.17, 15) is 27.6 Å². The third kappa shape index (κ3) is 5.48. The highest BCUT2D eigenvalue weighted by molar-refractivity contribution is 7.14. The minimum Gasteiger partial charge on any atom is -0.346 e. The lowest BCUT2D eigenvalue weighted by Gasteiger charge is -2.25. The first-order chi connectivity index (χ1) is 19.9. The van der Waals surface area contributed by atoms with Crippen LogP contribution in [0.25, 0.3) is 11.3 Å². The minimum atomic E-state index is -4.61. The van der Waals surface area contributed by atoms with Gasteiger partial charge in [0.15, 0.2) is 0 Å². The summed E-state index contributed by atoms with van der Waals surface area (Å²) in [4.78, 5) is 42.0. The molecule has 11 heteroatoms. The van der Waals surface area contributed by atoms with Crippen LogP contribution in [0.2, 0.25) is 0 Å². The zero-order valence-corrected chi connectivity index (χ0v) is 24.3. The van der Waals surface area contributed by atoms with E-state index in [0.29, 0.717) is 4.88 Å². The van der Waals surface area contributed by atoms with E-state index in [1.54, 1.807) is 29.1 Å². The van der Waals surface area contributed by atoms with Crippen LogP contribution in [0.15, 0.2) is 60.8 Å². The second-order valence-electron chi connectivity index (χ2n) is 10.6. The third-order valence-corrected chi connectivity index (χ3v) is 8.44. The van der Waals surface area contributed by atoms with Crippen LogP contribution in [0.4, 0.5) is 13.2 Å². The van der Waals surface area contributed by atoms with Crippen molar-refractivity contribution < 1.29 is 27.6 Å². The number of rotatable bonds is 8. The number of nitrogens with one attached hydrogen (secondary N) is 1. The molecule has 0 saturated heterocycles. The molecule has 4 aromatic rings. The van der Waals surface area contributed by atoms with Gasteiger partial charge in [-0.15, -0.1) is 11.3 Å². The number of alkyl halides is 3. The molecule has 0 radical (unpaired) electrons. The Morgan fingerprint density at radius 2 is 1.62 bits per heavy atom. The Morgan fingerprint density at radius 3 is 2.24 bits per heavy atom. The number of nitrogens with zero attached hydrogens (tertiary/aromatic N) is 3. The zero-order valence-electron chi connectivity index (χ0n) is 23.5. The van der Waals surface area contributed by atoms with Crippen molar-refractivity contribution >= 4 is 29.1 Å². The number of fused-ring (bicyclic) bond motifs is 1. The number of imide groups is 1. The van der Waals surface area contributed by atoms with Gasteiger partial charge in [-0.3, -0.25) is 24.0 Å². The molecule has 1 atom stereocenters. The molecule has 218 valence electrons. The first kappa shape index (κ1) is 29.2. The molecule has 0 spiro atoms. The van der Waals surface area contributed by atoms with Crippen molar-refractivity contribution in [3.63, 3.8) is 0 Å². The Balaban J connectivity index is 1.47. The fourth-order valence-corrected chi connectivity index (χ4v) is 6.24. The molecule has 2 aromatic carbocycles. The third-order valence-electron chi connectivity index (χ3n) is 7.39. The number of aromatic nitrogens is 2. The zero-order chi connectivity index (χ0) is 30.3. The van der Waals surface area contributed by atoms with Gasteiger partial charge >= 0.3 is 6.18 Å². The van der Waals surface area contributed by atoms with Crippen LogP contribution in [-0.2, 0) is 19.6 Å². The van der Waals surface area contributed by atoms with E-state index >= 15 is 0 Å². The average Bonchev–Trinajstić information content (AvgIpc) is 3.58. The number of amides is 3. The highest BCUT2D eigenvalue weighted by atomic mass is 32.1. The highest BCUT2D eigenvalue weighted by Gasteiger charge is 2.38. The Morgan fingerprint density at radius 1 is 1.00 bits per heavy atom. The molecule has 3 amide bonds. The maximum atomic E-state index is 13.8. The number of hydrogen-bond acceptors (Lipinski definition) is 5. The predicted octanol–water partition coefficient (Wildman–Crippen LogP) is 6.24. The van der Waals surface area contributed by atoms with Crippen LogP contribution in [0.3, 0.4) is 0 Å². The van der Waals surface area contributed by atoms with Crippen molar-refractivity contribution in [3.05, 3.63) is 98.4 Å². The van der Waals surface area contributed by atoms with Crippen molar-refractivity contribution in [3.8, 4) is 11.3 Å². The van der Waals surface area contributed by atoms with Crippen LogP contribution in [-0.4, -0.2) is 45.0 Å². The fraction of sp³-hybridized carbons (Fsp3) is 0.290. The van der Waals surface area contributed by atoms with Crippen LogP contribution < -0.4 is 5.32 Å². The van der Waals surface area contributed by atoms with Crippen molar-refractivity contribution in [2.45, 2.75) is 45.3 Å². The summed E-state index contributed by atoms with van der Waals surface area (Å²) >= 11 is 1.26. The normalized spacial score (nSPS) is 14.0. The summed E-state index contributed by atoms with van der Waals surface area (Å²) in [6.07, 6.45) is -3.06. The SMILES string of the molecule is Cc1sc(C(=O)NC(Cc2ccccc2C(F)(F)F)CN2C(=O)c3ccccc3C2=O)cc1-c1c(C(C)C)cnn1C. The summed E-state index contributed by atoms with van der Waals surface area (Å²) in [5, 5.41) is 7.21. The van der Waals surface area contributed by atoms with Gasteiger partial charge in [0.1, 0.15) is 0 Å². The van der Waals surface area contributed by atoms with Gasteiger partial charge in [-0.05, 0) is 49.1 Å². The molecular weight excluding hydrogens is 565 g/mol. The first-order valence-corrected chi connectivity index (χ1v) is 14.2. The van der Waals surface area contributed by atoms with Gasteiger partial charge in [0.2, 0.25) is 0 Å². The predicted molar refractivity (Wildman–Crippen MR) is 154 cm³/mol. The van der Waals surface area contributed by atoms with Crippen LogP contribution in [0.5, 0.6) is 0 Å². The highest BCUT2D eigenvalue weighted by Crippen LogP contribution is 2.36. The number of hydrogen-bond donors (Lipinski definition) is 1. The van der Waals surface area contributed by atoms with Gasteiger partial charge in [-0.1, -0.05) is 44.2 Å². The van der Waals surface area contributed by atoms with E-state index in [4.69, 9.17) is 0 Å². The topological polar surface area (TPSA) is 84.3 Å². The lowest BCUT2D eigenvalue weighted by molar-refractivity contribution is -0.138. The van der Waals surface area contributed by atoms with Crippen molar-refractivity contribution in [2.24, 2.45) is 7.05 Å². The first-order valence-electron chi connectivity index (χ1n) is 13.4. The minimum absolute atomic E-state index is 0.0496. The Labute approximate surface area is 245 Å². The number of carbonyl (C=O) groups excluding carboxylic acids is 3. The monoisotopic (exact) mass is 594 g/mol. The van der Waals surface area contributed by atoms with E-state index in [-0.39, 0.29) is 35.6 Å². The summed E-state index contributed by atoms with van der Waals surface area (Å²) in [7, 11) is 1.83. The molecule has 0 aliphatic carbocycles. The quantitative estimate of drug-likeness (QED) is 0.245. The number of thiophene rings is 1. The van der Waals surface area contributed by atoms with Crippen molar-refractivity contribution in [1.29, 1.82) is 0 Å². The van der Waals surface area contributed by atoms with Crippen LogP contribution in [0, 0.1) is 6.92 Å². The van der Waals surface area contributed by atoms with E-state index < -0.39 is 35.5 Å². The number of aryl methyl sites for hydroxylation is 2. The van der Waals surface area contributed by atoms with Crippen molar-refractivity contribution in [1.82, 2.24) is 20.0 Å². The summed E-state index contributed by atoms with van der Waals surface area (Å²) in [5.41, 5.74) is 2.31. The molecule has 1 unspecified atom stereocenters. The molecule has 42 heavy (non-hydrogen) atoms. The Hall–Kier alpha value is -4.25. The second kappa shape index (κ2) is 11.2. The molecule has 0 saturated carbocycles. The van der Waals surface area contributed by atoms with E-state index in [2.05, 4.69) is 24.3 Å². The molecule has 1 N–H and O–H groups in total. The molecule has 7 nitrogen and oxygen atoms in total. The van der Waals surface area contributed by atoms with Gasteiger partial charge in [0.05, 0.1) is 39.5 Å². The maximum Gasteiger partial charge on any atom is 0.416 e. The van der Waals surface area contributed by atoms with Crippen LogP contribution in [0.1, 0.15) is 71.7 Å². The number of benzene rings is 2. The van der Waals surface area contributed by atoms with E-state index in [0.717, 1.165) is 32.7 Å². The van der Waals surface area contributed by atoms with Gasteiger partial charge in [0, 0.05) is 29.6 Å². The molecule has 0 bridgehead atoms. The molecule has 1 aliphatic heterocycles. The van der Waals surface area contributed by atoms with Gasteiger partial charge in [-0.2, -0.15) is 18.3 Å². The largest absolute Gasteiger partial charge is 0.416 e. The molecule has 2 aromatic heterocycles. The van der Waals surface area contributed by atoms with Crippen LogP contribution >= 0.6 is 11.3 Å². The van der Waals surface area contributed by atoms with Crippen molar-refractivity contribution in [2.75, 3.05) is 6.54 Å². The summed E-state index contributed by atoms with van der Waals surface area (Å²) in [5.74, 6) is -1.41. The summed E-state index contributed by atoms with van der Waals surface area (Å²) < 4.78 is 43.2. The molecule has 3 heterocycles. The fourth-order valence-electron chi connectivity index (χ4n) is 5.32. The molecule has 0 fully saturated rings. The molecule has 1 aliphatic rings. The molecular formula is C31H29F3N4O3S. The lowest BCUT2D eigenvalue weighted by atomic mass is 9.99. The van der Waals surface area contributed by atoms with E-state index in [1.807, 2.05) is 14.0 Å². The Bertz CT molecular complexity index is 1650. The van der Waals surface area contributed by atoms with E-state index in [1.165, 1.54) is 41.7 Å².